The number of aromatic nitrogens is 1. The van der Waals surface area contributed by atoms with E-state index in [-0.39, 0.29) is 12.3 Å². The Bertz CT molecular complexity index is 514. The summed E-state index contributed by atoms with van der Waals surface area (Å²) in [5.41, 5.74) is 2.73. The zero-order valence-electron chi connectivity index (χ0n) is 9.86. The predicted octanol–water partition coefficient (Wildman–Crippen LogP) is 2.47. The van der Waals surface area contributed by atoms with Gasteiger partial charge in [0.2, 0.25) is 5.91 Å². The van der Waals surface area contributed by atoms with Gasteiger partial charge in [-0.05, 0) is 26.0 Å². The minimum Gasteiger partial charge on any atom is -0.361 e. The van der Waals surface area contributed by atoms with E-state index < -0.39 is 0 Å². The van der Waals surface area contributed by atoms with Crippen molar-refractivity contribution in [3.05, 3.63) is 47.3 Å². The Balaban J connectivity index is 1.95. The first-order valence-corrected chi connectivity index (χ1v) is 5.42. The maximum atomic E-state index is 11.7. The topological polar surface area (TPSA) is 55.1 Å². The second kappa shape index (κ2) is 4.82. The second-order valence-electron chi connectivity index (χ2n) is 4.03. The number of benzene rings is 1. The quantitative estimate of drug-likeness (QED) is 0.881. The monoisotopic (exact) mass is 230 g/mol. The fraction of sp³-hybridized carbons (Fsp3) is 0.231. The number of amides is 1. The number of carbonyl (C=O) groups excluding carboxylic acids is 1. The molecule has 1 heterocycles. The Morgan fingerprint density at radius 2 is 2.00 bits per heavy atom. The molecule has 4 nitrogen and oxygen atoms in total. The number of carbonyl (C=O) groups is 1. The molecule has 2 rings (SSSR count). The highest BCUT2D eigenvalue weighted by atomic mass is 16.5. The smallest absolute Gasteiger partial charge is 0.232 e. The molecule has 1 aromatic heterocycles. The molecular formula is C13H14N2O2. The van der Waals surface area contributed by atoms with Gasteiger partial charge in [-0.1, -0.05) is 22.9 Å². The third-order valence-electron chi connectivity index (χ3n) is 2.35. The number of anilines is 1. The molecule has 1 aromatic carbocycles. The summed E-state index contributed by atoms with van der Waals surface area (Å²) in [6.45, 7) is 3.83. The van der Waals surface area contributed by atoms with Crippen molar-refractivity contribution >= 4 is 11.6 Å². The van der Waals surface area contributed by atoms with Gasteiger partial charge in [0.05, 0.1) is 12.1 Å². The van der Waals surface area contributed by atoms with Crippen molar-refractivity contribution in [3.63, 3.8) is 0 Å². The van der Waals surface area contributed by atoms with E-state index in [1.54, 1.807) is 6.07 Å². The second-order valence-corrected chi connectivity index (χ2v) is 4.03. The molecule has 17 heavy (non-hydrogen) atoms. The van der Waals surface area contributed by atoms with Gasteiger partial charge in [-0.3, -0.25) is 4.79 Å². The van der Waals surface area contributed by atoms with Gasteiger partial charge in [-0.15, -0.1) is 0 Å². The molecule has 0 spiro atoms. The summed E-state index contributed by atoms with van der Waals surface area (Å²) in [5, 5.41) is 6.53. The summed E-state index contributed by atoms with van der Waals surface area (Å²) in [4.78, 5) is 11.7. The summed E-state index contributed by atoms with van der Waals surface area (Å²) in [7, 11) is 0. The lowest BCUT2D eigenvalue weighted by Crippen LogP contribution is -2.13. The van der Waals surface area contributed by atoms with E-state index in [1.165, 1.54) is 0 Å². The first kappa shape index (κ1) is 11.4. The fourth-order valence-corrected chi connectivity index (χ4v) is 1.50. The van der Waals surface area contributed by atoms with Crippen molar-refractivity contribution in [2.75, 3.05) is 5.32 Å². The summed E-state index contributed by atoms with van der Waals surface area (Å²) in [6.07, 6.45) is 0.203. The SMILES string of the molecule is Cc1ccc(NC(=O)Cc2cc(C)no2)cc1. The van der Waals surface area contributed by atoms with Crippen LogP contribution in [0.15, 0.2) is 34.9 Å². The van der Waals surface area contributed by atoms with E-state index >= 15 is 0 Å². The minimum atomic E-state index is -0.106. The van der Waals surface area contributed by atoms with Crippen LogP contribution in [0.2, 0.25) is 0 Å². The number of hydrogen-bond donors (Lipinski definition) is 1. The van der Waals surface area contributed by atoms with Crippen molar-refractivity contribution in [2.24, 2.45) is 0 Å². The van der Waals surface area contributed by atoms with E-state index in [4.69, 9.17) is 4.52 Å². The highest BCUT2D eigenvalue weighted by molar-refractivity contribution is 5.91. The molecule has 4 heteroatoms. The van der Waals surface area contributed by atoms with E-state index in [9.17, 15) is 4.79 Å². The van der Waals surface area contributed by atoms with Crippen LogP contribution in [0.4, 0.5) is 5.69 Å². The number of nitrogens with one attached hydrogen (secondary N) is 1. The van der Waals surface area contributed by atoms with Gasteiger partial charge in [-0.2, -0.15) is 0 Å². The van der Waals surface area contributed by atoms with Crippen LogP contribution < -0.4 is 5.32 Å². The molecule has 1 N–H and O–H groups in total. The molecule has 0 aliphatic carbocycles. The first-order chi connectivity index (χ1) is 8.13. The fourth-order valence-electron chi connectivity index (χ4n) is 1.50. The van der Waals surface area contributed by atoms with E-state index in [0.717, 1.165) is 16.9 Å². The summed E-state index contributed by atoms with van der Waals surface area (Å²) >= 11 is 0. The Labute approximate surface area is 99.6 Å². The number of aryl methyl sites for hydroxylation is 2. The van der Waals surface area contributed by atoms with Crippen LogP contribution in [0.25, 0.3) is 0 Å². The molecule has 0 bridgehead atoms. The third kappa shape index (κ3) is 3.17. The normalized spacial score (nSPS) is 10.2. The molecule has 1 amide bonds. The average molecular weight is 230 g/mol. The lowest BCUT2D eigenvalue weighted by atomic mass is 10.2. The van der Waals surface area contributed by atoms with Gasteiger partial charge < -0.3 is 9.84 Å². The van der Waals surface area contributed by atoms with Gasteiger partial charge in [0.15, 0.2) is 0 Å². The third-order valence-corrected chi connectivity index (χ3v) is 2.35. The maximum Gasteiger partial charge on any atom is 0.232 e. The van der Waals surface area contributed by atoms with Crippen LogP contribution in [-0.2, 0) is 11.2 Å². The molecule has 0 fully saturated rings. The Kier molecular flexibility index (Phi) is 3.23. The largest absolute Gasteiger partial charge is 0.361 e. The molecule has 88 valence electrons. The van der Waals surface area contributed by atoms with Crippen molar-refractivity contribution in [3.8, 4) is 0 Å². The molecule has 0 unspecified atom stereocenters. The predicted molar refractivity (Wildman–Crippen MR) is 64.8 cm³/mol. The highest BCUT2D eigenvalue weighted by Crippen LogP contribution is 2.10. The van der Waals surface area contributed by atoms with Gasteiger partial charge in [-0.25, -0.2) is 0 Å². The molecule has 0 radical (unpaired) electrons. The summed E-state index contributed by atoms with van der Waals surface area (Å²) in [5.74, 6) is 0.470. The Morgan fingerprint density at radius 3 is 2.59 bits per heavy atom. The summed E-state index contributed by atoms with van der Waals surface area (Å²) in [6, 6.07) is 9.41. The number of nitrogens with zero attached hydrogens (tertiary/aromatic N) is 1. The van der Waals surface area contributed by atoms with Crippen LogP contribution in [0, 0.1) is 13.8 Å². The van der Waals surface area contributed by atoms with Crippen molar-refractivity contribution in [1.29, 1.82) is 0 Å². The maximum absolute atomic E-state index is 11.7. The van der Waals surface area contributed by atoms with Crippen LogP contribution in [0.3, 0.4) is 0 Å². The van der Waals surface area contributed by atoms with Gasteiger partial charge >= 0.3 is 0 Å². The molecule has 2 aromatic rings. The Hall–Kier alpha value is -2.10. The van der Waals surface area contributed by atoms with Crippen LogP contribution in [0.5, 0.6) is 0 Å². The molecular weight excluding hydrogens is 216 g/mol. The summed E-state index contributed by atoms with van der Waals surface area (Å²) < 4.78 is 4.98. The highest BCUT2D eigenvalue weighted by Gasteiger charge is 2.08. The van der Waals surface area contributed by atoms with Crippen LogP contribution in [0.1, 0.15) is 17.0 Å². The lowest BCUT2D eigenvalue weighted by Gasteiger charge is -2.03. The Morgan fingerprint density at radius 1 is 1.29 bits per heavy atom. The average Bonchev–Trinajstić information content (AvgIpc) is 2.67. The van der Waals surface area contributed by atoms with E-state index in [0.29, 0.717) is 5.76 Å². The van der Waals surface area contributed by atoms with Gasteiger partial charge in [0, 0.05) is 11.8 Å². The molecule has 0 saturated carbocycles. The van der Waals surface area contributed by atoms with Crippen molar-refractivity contribution in [2.45, 2.75) is 20.3 Å². The zero-order chi connectivity index (χ0) is 12.3. The number of rotatable bonds is 3. The van der Waals surface area contributed by atoms with Gasteiger partial charge in [0.25, 0.3) is 0 Å². The molecule has 0 saturated heterocycles. The van der Waals surface area contributed by atoms with E-state index in [1.807, 2.05) is 38.1 Å². The minimum absolute atomic E-state index is 0.106. The zero-order valence-corrected chi connectivity index (χ0v) is 9.86. The van der Waals surface area contributed by atoms with Crippen LogP contribution >= 0.6 is 0 Å². The van der Waals surface area contributed by atoms with E-state index in [2.05, 4.69) is 10.5 Å². The van der Waals surface area contributed by atoms with Gasteiger partial charge in [0.1, 0.15) is 5.76 Å². The van der Waals surface area contributed by atoms with Crippen molar-refractivity contribution < 1.29 is 9.32 Å². The molecule has 0 aliphatic rings. The number of hydrogen-bond acceptors (Lipinski definition) is 3. The van der Waals surface area contributed by atoms with Crippen LogP contribution in [-0.4, -0.2) is 11.1 Å². The standard InChI is InChI=1S/C13H14N2O2/c1-9-3-5-11(6-4-9)14-13(16)8-12-7-10(2)15-17-12/h3-7H,8H2,1-2H3,(H,14,16). The first-order valence-electron chi connectivity index (χ1n) is 5.42. The molecule has 0 atom stereocenters. The van der Waals surface area contributed by atoms with Crippen molar-refractivity contribution in [1.82, 2.24) is 5.16 Å². The lowest BCUT2D eigenvalue weighted by molar-refractivity contribution is -0.115. The molecule has 0 aliphatic heterocycles.